The van der Waals surface area contributed by atoms with Gasteiger partial charge in [0.05, 0.1) is 12.7 Å². The van der Waals surface area contributed by atoms with Crippen molar-refractivity contribution in [2.24, 2.45) is 16.7 Å². The number of methoxy groups -OCH3 is 1. The van der Waals surface area contributed by atoms with Gasteiger partial charge in [0, 0.05) is 0 Å². The standard InChI is InChI=1S/C21H28O2/c1-20-10-4-5-19(20)21(2)12-8-14-15(17(21)9-11-20)6-7-18(23-3)16(14)13-22/h6-7,13,17,19H,4-5,8-12H2,1-3H3. The molecule has 0 saturated heterocycles. The molecule has 1 aromatic carbocycles. The third-order valence-corrected chi connectivity index (χ3v) is 7.66. The largest absolute Gasteiger partial charge is 0.496 e. The topological polar surface area (TPSA) is 26.3 Å². The van der Waals surface area contributed by atoms with Gasteiger partial charge in [-0.05, 0) is 78.4 Å². The number of benzene rings is 1. The van der Waals surface area contributed by atoms with E-state index in [1.54, 1.807) is 7.11 Å². The van der Waals surface area contributed by atoms with Gasteiger partial charge in [0.2, 0.25) is 0 Å². The van der Waals surface area contributed by atoms with Gasteiger partial charge < -0.3 is 4.74 Å². The van der Waals surface area contributed by atoms with Gasteiger partial charge in [-0.15, -0.1) is 0 Å². The minimum atomic E-state index is 0.408. The molecule has 3 aliphatic rings. The van der Waals surface area contributed by atoms with E-state index in [9.17, 15) is 4.79 Å². The average Bonchev–Trinajstić information content (AvgIpc) is 2.96. The molecule has 2 nitrogen and oxygen atoms in total. The van der Waals surface area contributed by atoms with Gasteiger partial charge in [-0.3, -0.25) is 4.79 Å². The molecule has 0 aliphatic heterocycles. The molecule has 1 aromatic rings. The van der Waals surface area contributed by atoms with Crippen LogP contribution in [0.1, 0.15) is 79.8 Å². The summed E-state index contributed by atoms with van der Waals surface area (Å²) in [4.78, 5) is 11.7. The molecule has 3 aliphatic carbocycles. The Morgan fingerprint density at radius 3 is 2.74 bits per heavy atom. The van der Waals surface area contributed by atoms with Crippen molar-refractivity contribution in [2.45, 2.75) is 64.7 Å². The van der Waals surface area contributed by atoms with Crippen LogP contribution in [0, 0.1) is 16.7 Å². The fourth-order valence-electron chi connectivity index (χ4n) is 6.53. The summed E-state index contributed by atoms with van der Waals surface area (Å²) in [7, 11) is 1.66. The lowest BCUT2D eigenvalue weighted by atomic mass is 9.48. The maximum Gasteiger partial charge on any atom is 0.154 e. The van der Waals surface area contributed by atoms with Gasteiger partial charge in [0.1, 0.15) is 5.75 Å². The number of ether oxygens (including phenoxy) is 1. The summed E-state index contributed by atoms with van der Waals surface area (Å²) in [5.74, 6) is 2.21. The Morgan fingerprint density at radius 1 is 1.17 bits per heavy atom. The molecule has 0 spiro atoms. The van der Waals surface area contributed by atoms with E-state index < -0.39 is 0 Å². The Hall–Kier alpha value is -1.31. The van der Waals surface area contributed by atoms with Crippen molar-refractivity contribution in [1.29, 1.82) is 0 Å². The van der Waals surface area contributed by atoms with Crippen LogP contribution in [-0.4, -0.2) is 13.4 Å². The Balaban J connectivity index is 1.81. The van der Waals surface area contributed by atoms with E-state index in [0.29, 0.717) is 16.7 Å². The van der Waals surface area contributed by atoms with E-state index in [4.69, 9.17) is 4.74 Å². The number of aldehydes is 1. The van der Waals surface area contributed by atoms with Gasteiger partial charge in [-0.1, -0.05) is 26.3 Å². The van der Waals surface area contributed by atoms with Gasteiger partial charge in [0.15, 0.2) is 6.29 Å². The first-order valence-corrected chi connectivity index (χ1v) is 9.18. The number of carbonyl (C=O) groups is 1. The predicted molar refractivity (Wildman–Crippen MR) is 92.2 cm³/mol. The van der Waals surface area contributed by atoms with Crippen molar-refractivity contribution >= 4 is 6.29 Å². The number of fused-ring (bicyclic) bond motifs is 5. The van der Waals surface area contributed by atoms with E-state index >= 15 is 0 Å². The summed E-state index contributed by atoms with van der Waals surface area (Å²) < 4.78 is 5.42. The second-order valence-corrected chi connectivity index (χ2v) is 8.56. The van der Waals surface area contributed by atoms with Crippen LogP contribution in [0.3, 0.4) is 0 Å². The molecule has 0 N–H and O–H groups in total. The molecule has 2 heteroatoms. The molecule has 4 unspecified atom stereocenters. The second-order valence-electron chi connectivity index (χ2n) is 8.56. The number of hydrogen-bond donors (Lipinski definition) is 0. The van der Waals surface area contributed by atoms with Crippen LogP contribution in [0.2, 0.25) is 0 Å². The molecule has 4 atom stereocenters. The number of carbonyl (C=O) groups excluding carboxylic acids is 1. The number of hydrogen-bond acceptors (Lipinski definition) is 2. The third-order valence-electron chi connectivity index (χ3n) is 7.66. The molecule has 0 amide bonds. The molecule has 23 heavy (non-hydrogen) atoms. The fraction of sp³-hybridized carbons (Fsp3) is 0.667. The van der Waals surface area contributed by atoms with Crippen LogP contribution in [0.5, 0.6) is 5.75 Å². The maximum atomic E-state index is 11.7. The van der Waals surface area contributed by atoms with E-state index in [-0.39, 0.29) is 0 Å². The molecule has 2 fully saturated rings. The molecular formula is C21H28O2. The number of rotatable bonds is 2. The van der Waals surface area contributed by atoms with E-state index in [1.165, 1.54) is 49.7 Å². The maximum absolute atomic E-state index is 11.7. The summed E-state index contributed by atoms with van der Waals surface area (Å²) in [6, 6.07) is 4.26. The first kappa shape index (κ1) is 15.2. The second kappa shape index (κ2) is 5.09. The van der Waals surface area contributed by atoms with Crippen LogP contribution in [0.25, 0.3) is 0 Å². The summed E-state index contributed by atoms with van der Waals surface area (Å²) >= 11 is 0. The van der Waals surface area contributed by atoms with Gasteiger partial charge in [-0.2, -0.15) is 0 Å². The highest BCUT2D eigenvalue weighted by atomic mass is 16.5. The van der Waals surface area contributed by atoms with Crippen LogP contribution < -0.4 is 4.74 Å². The van der Waals surface area contributed by atoms with Crippen LogP contribution >= 0.6 is 0 Å². The predicted octanol–water partition coefficient (Wildman–Crippen LogP) is 5.14. The highest BCUT2D eigenvalue weighted by Gasteiger charge is 2.56. The van der Waals surface area contributed by atoms with Gasteiger partial charge in [0.25, 0.3) is 0 Å². The Morgan fingerprint density at radius 2 is 2.00 bits per heavy atom. The quantitative estimate of drug-likeness (QED) is 0.706. The zero-order chi connectivity index (χ0) is 16.2. The Kier molecular flexibility index (Phi) is 3.37. The fourth-order valence-corrected chi connectivity index (χ4v) is 6.53. The minimum absolute atomic E-state index is 0.408. The zero-order valence-corrected chi connectivity index (χ0v) is 14.7. The van der Waals surface area contributed by atoms with E-state index in [2.05, 4.69) is 19.9 Å². The zero-order valence-electron chi connectivity index (χ0n) is 14.7. The van der Waals surface area contributed by atoms with Gasteiger partial charge >= 0.3 is 0 Å². The van der Waals surface area contributed by atoms with E-state index in [0.717, 1.165) is 29.9 Å². The van der Waals surface area contributed by atoms with Crippen molar-refractivity contribution in [2.75, 3.05) is 7.11 Å². The molecule has 0 heterocycles. The Labute approximate surface area is 139 Å². The Bertz CT molecular complexity index is 649. The SMILES string of the molecule is COc1ccc2c(c1C=O)CCC1(C)C2CCC2(C)CCCC21. The van der Waals surface area contributed by atoms with Crippen molar-refractivity contribution in [3.05, 3.63) is 28.8 Å². The molecule has 2 saturated carbocycles. The van der Waals surface area contributed by atoms with Crippen molar-refractivity contribution in [3.8, 4) is 5.75 Å². The monoisotopic (exact) mass is 312 g/mol. The molecular weight excluding hydrogens is 284 g/mol. The van der Waals surface area contributed by atoms with Gasteiger partial charge in [-0.25, -0.2) is 0 Å². The lowest BCUT2D eigenvalue weighted by molar-refractivity contribution is -0.0179. The smallest absolute Gasteiger partial charge is 0.154 e. The van der Waals surface area contributed by atoms with Crippen molar-refractivity contribution in [1.82, 2.24) is 0 Å². The van der Waals surface area contributed by atoms with Crippen LogP contribution in [0.4, 0.5) is 0 Å². The first-order valence-electron chi connectivity index (χ1n) is 9.18. The lowest BCUT2D eigenvalue weighted by Gasteiger charge is -2.56. The summed E-state index contributed by atoms with van der Waals surface area (Å²) in [6.45, 7) is 5.07. The first-order chi connectivity index (χ1) is 11.0. The summed E-state index contributed by atoms with van der Waals surface area (Å²) in [5.41, 5.74) is 4.47. The summed E-state index contributed by atoms with van der Waals surface area (Å²) in [6.07, 6.45) is 10.1. The molecule has 124 valence electrons. The third kappa shape index (κ3) is 1.96. The van der Waals surface area contributed by atoms with E-state index in [1.807, 2.05) is 6.07 Å². The average molecular weight is 312 g/mol. The molecule has 4 rings (SSSR count). The molecule has 0 aromatic heterocycles. The van der Waals surface area contributed by atoms with Crippen molar-refractivity contribution in [3.63, 3.8) is 0 Å². The molecule has 0 radical (unpaired) electrons. The molecule has 0 bridgehead atoms. The highest BCUT2D eigenvalue weighted by Crippen LogP contribution is 2.66. The summed E-state index contributed by atoms with van der Waals surface area (Å²) in [5, 5.41) is 0. The lowest BCUT2D eigenvalue weighted by Crippen LogP contribution is -2.47. The van der Waals surface area contributed by atoms with Crippen LogP contribution in [-0.2, 0) is 6.42 Å². The van der Waals surface area contributed by atoms with Crippen molar-refractivity contribution < 1.29 is 9.53 Å². The normalized spacial score (nSPS) is 38.4. The highest BCUT2D eigenvalue weighted by molar-refractivity contribution is 5.83. The minimum Gasteiger partial charge on any atom is -0.496 e. The van der Waals surface area contributed by atoms with Crippen LogP contribution in [0.15, 0.2) is 12.1 Å².